The third-order valence-electron chi connectivity index (χ3n) is 3.07. The molecule has 18 heavy (non-hydrogen) atoms. The Bertz CT molecular complexity index is 519. The van der Waals surface area contributed by atoms with E-state index in [0.717, 1.165) is 11.5 Å². The summed E-state index contributed by atoms with van der Waals surface area (Å²) >= 11 is 1.81. The molecule has 1 atom stereocenters. The van der Waals surface area contributed by atoms with Crippen molar-refractivity contribution in [2.75, 3.05) is 7.05 Å². The van der Waals surface area contributed by atoms with Crippen molar-refractivity contribution in [1.82, 2.24) is 15.3 Å². The van der Waals surface area contributed by atoms with Gasteiger partial charge in [-0.25, -0.2) is 4.98 Å². The lowest BCUT2D eigenvalue weighted by molar-refractivity contribution is 0.604. The van der Waals surface area contributed by atoms with E-state index >= 15 is 0 Å². The van der Waals surface area contributed by atoms with Crippen LogP contribution in [0.15, 0.2) is 18.3 Å². The summed E-state index contributed by atoms with van der Waals surface area (Å²) in [6.07, 6.45) is 1.91. The fraction of sp³-hybridized carbons (Fsp3) is 0.500. The molecule has 0 aromatic carbocycles. The molecule has 2 aromatic heterocycles. The summed E-state index contributed by atoms with van der Waals surface area (Å²) in [4.78, 5) is 10.4. The molecular weight excluding hydrogens is 242 g/mol. The highest BCUT2D eigenvalue weighted by Gasteiger charge is 2.17. The minimum Gasteiger partial charge on any atom is -0.340 e. The predicted molar refractivity (Wildman–Crippen MR) is 78.1 cm³/mol. The molecule has 0 radical (unpaired) electrons. The molecule has 0 saturated carbocycles. The van der Waals surface area contributed by atoms with Gasteiger partial charge >= 0.3 is 0 Å². The van der Waals surface area contributed by atoms with Crippen LogP contribution in [-0.2, 0) is 5.41 Å². The zero-order chi connectivity index (χ0) is 13.3. The average molecular weight is 263 g/mol. The second-order valence-corrected chi connectivity index (χ2v) is 6.70. The normalized spacial score (nSPS) is 13.8. The van der Waals surface area contributed by atoms with E-state index in [1.54, 1.807) is 0 Å². The molecular formula is C14H21N3S. The molecule has 0 saturated heterocycles. The second-order valence-electron chi connectivity index (χ2n) is 5.61. The molecule has 98 valence electrons. The van der Waals surface area contributed by atoms with Gasteiger partial charge in [0.25, 0.3) is 0 Å². The van der Waals surface area contributed by atoms with Crippen molar-refractivity contribution in [2.24, 2.45) is 0 Å². The third kappa shape index (κ3) is 2.65. The molecule has 0 aliphatic heterocycles. The van der Waals surface area contributed by atoms with E-state index in [0.29, 0.717) is 6.04 Å². The van der Waals surface area contributed by atoms with E-state index in [1.165, 1.54) is 9.75 Å². The highest BCUT2D eigenvalue weighted by molar-refractivity contribution is 7.15. The Morgan fingerprint density at radius 2 is 2.06 bits per heavy atom. The molecule has 0 spiro atoms. The topological polar surface area (TPSA) is 40.7 Å². The van der Waals surface area contributed by atoms with Crippen LogP contribution in [0.25, 0.3) is 10.7 Å². The van der Waals surface area contributed by atoms with E-state index in [9.17, 15) is 0 Å². The quantitative estimate of drug-likeness (QED) is 0.886. The van der Waals surface area contributed by atoms with Crippen LogP contribution in [0.3, 0.4) is 0 Å². The van der Waals surface area contributed by atoms with Crippen molar-refractivity contribution in [1.29, 1.82) is 0 Å². The van der Waals surface area contributed by atoms with Gasteiger partial charge in [-0.15, -0.1) is 11.3 Å². The van der Waals surface area contributed by atoms with E-state index in [4.69, 9.17) is 0 Å². The van der Waals surface area contributed by atoms with Crippen LogP contribution in [0.2, 0.25) is 0 Å². The fourth-order valence-corrected chi connectivity index (χ4v) is 2.72. The van der Waals surface area contributed by atoms with Crippen molar-refractivity contribution in [3.05, 3.63) is 28.9 Å². The van der Waals surface area contributed by atoms with E-state index in [-0.39, 0.29) is 5.41 Å². The molecule has 2 rings (SSSR count). The Kier molecular flexibility index (Phi) is 3.59. The Morgan fingerprint density at radius 3 is 2.61 bits per heavy atom. The third-order valence-corrected chi connectivity index (χ3v) is 4.59. The second kappa shape index (κ2) is 4.86. The maximum atomic E-state index is 4.47. The SMILES string of the molecule is CNC(C)c1cnc(-c2ccc(C(C)(C)C)s2)[nH]1. The first-order chi connectivity index (χ1) is 8.41. The Balaban J connectivity index is 2.27. The first kappa shape index (κ1) is 13.3. The van der Waals surface area contributed by atoms with Crippen molar-refractivity contribution in [3.63, 3.8) is 0 Å². The van der Waals surface area contributed by atoms with Gasteiger partial charge in [0.05, 0.1) is 16.8 Å². The van der Waals surface area contributed by atoms with Gasteiger partial charge in [0.15, 0.2) is 0 Å². The van der Waals surface area contributed by atoms with Gasteiger partial charge in [0, 0.05) is 10.9 Å². The lowest BCUT2D eigenvalue weighted by atomic mass is 9.95. The summed E-state index contributed by atoms with van der Waals surface area (Å²) in [5.41, 5.74) is 1.33. The zero-order valence-corrected chi connectivity index (χ0v) is 12.5. The first-order valence-corrected chi connectivity index (χ1v) is 7.06. The number of aromatic nitrogens is 2. The smallest absolute Gasteiger partial charge is 0.147 e. The standard InChI is InChI=1S/C14H21N3S/c1-9(15-5)10-8-16-13(17-10)11-6-7-12(18-11)14(2,3)4/h6-9,15H,1-5H3,(H,16,17). The minimum atomic E-state index is 0.205. The van der Waals surface area contributed by atoms with Crippen molar-refractivity contribution in [2.45, 2.75) is 39.2 Å². The van der Waals surface area contributed by atoms with Gasteiger partial charge in [-0.05, 0) is 31.5 Å². The van der Waals surface area contributed by atoms with Gasteiger partial charge in [-0.3, -0.25) is 0 Å². The Labute approximate surface area is 113 Å². The Hall–Kier alpha value is -1.13. The monoisotopic (exact) mass is 263 g/mol. The number of hydrogen-bond acceptors (Lipinski definition) is 3. The molecule has 0 fully saturated rings. The van der Waals surface area contributed by atoms with Crippen LogP contribution in [0.5, 0.6) is 0 Å². The predicted octanol–water partition coefficient (Wildman–Crippen LogP) is 3.72. The van der Waals surface area contributed by atoms with Crippen LogP contribution in [0.1, 0.15) is 44.3 Å². The zero-order valence-electron chi connectivity index (χ0n) is 11.7. The number of H-pyrrole nitrogens is 1. The summed E-state index contributed by atoms with van der Waals surface area (Å²) < 4.78 is 0. The maximum Gasteiger partial charge on any atom is 0.147 e. The number of thiophene rings is 1. The molecule has 2 aromatic rings. The van der Waals surface area contributed by atoms with E-state index in [1.807, 2.05) is 24.6 Å². The van der Waals surface area contributed by atoms with Crippen LogP contribution in [-0.4, -0.2) is 17.0 Å². The molecule has 0 aliphatic rings. The molecule has 2 N–H and O–H groups in total. The molecule has 0 aliphatic carbocycles. The van der Waals surface area contributed by atoms with Crippen LogP contribution >= 0.6 is 11.3 Å². The van der Waals surface area contributed by atoms with Crippen LogP contribution < -0.4 is 5.32 Å². The molecule has 0 bridgehead atoms. The molecule has 2 heterocycles. The van der Waals surface area contributed by atoms with Crippen LogP contribution in [0.4, 0.5) is 0 Å². The van der Waals surface area contributed by atoms with Gasteiger partial charge in [0.2, 0.25) is 0 Å². The van der Waals surface area contributed by atoms with Gasteiger partial charge in [-0.2, -0.15) is 0 Å². The summed E-state index contributed by atoms with van der Waals surface area (Å²) in [7, 11) is 1.95. The lowest BCUT2D eigenvalue weighted by Crippen LogP contribution is -2.12. The number of aromatic amines is 1. The van der Waals surface area contributed by atoms with Gasteiger partial charge in [0.1, 0.15) is 5.82 Å². The number of rotatable bonds is 3. The maximum absolute atomic E-state index is 4.47. The summed E-state index contributed by atoms with van der Waals surface area (Å²) in [5.74, 6) is 0.965. The minimum absolute atomic E-state index is 0.205. The Morgan fingerprint density at radius 1 is 1.33 bits per heavy atom. The van der Waals surface area contributed by atoms with Gasteiger partial charge < -0.3 is 10.3 Å². The molecule has 4 heteroatoms. The first-order valence-electron chi connectivity index (χ1n) is 6.24. The summed E-state index contributed by atoms with van der Waals surface area (Å²) in [5, 5.41) is 3.21. The number of nitrogens with zero attached hydrogens (tertiary/aromatic N) is 1. The summed E-state index contributed by atoms with van der Waals surface area (Å²) in [6.45, 7) is 8.82. The van der Waals surface area contributed by atoms with E-state index in [2.05, 4.69) is 55.1 Å². The highest BCUT2D eigenvalue weighted by atomic mass is 32.1. The summed E-state index contributed by atoms with van der Waals surface area (Å²) in [6, 6.07) is 4.65. The molecule has 1 unspecified atom stereocenters. The molecule has 0 amide bonds. The highest BCUT2D eigenvalue weighted by Crippen LogP contribution is 2.33. The largest absolute Gasteiger partial charge is 0.340 e. The number of nitrogens with one attached hydrogen (secondary N) is 2. The van der Waals surface area contributed by atoms with Crippen molar-refractivity contribution < 1.29 is 0 Å². The van der Waals surface area contributed by atoms with Crippen LogP contribution in [0, 0.1) is 0 Å². The lowest BCUT2D eigenvalue weighted by Gasteiger charge is -2.15. The average Bonchev–Trinajstić information content (AvgIpc) is 2.94. The number of hydrogen-bond donors (Lipinski definition) is 2. The fourth-order valence-electron chi connectivity index (χ4n) is 1.70. The van der Waals surface area contributed by atoms with Gasteiger partial charge in [-0.1, -0.05) is 20.8 Å². The van der Waals surface area contributed by atoms with Crippen molar-refractivity contribution in [3.8, 4) is 10.7 Å². The van der Waals surface area contributed by atoms with E-state index < -0.39 is 0 Å². The van der Waals surface area contributed by atoms with Crippen molar-refractivity contribution >= 4 is 11.3 Å². The number of imidazole rings is 1. The molecule has 3 nitrogen and oxygen atoms in total.